The lowest BCUT2D eigenvalue weighted by Gasteiger charge is -2.31. The molecule has 0 saturated carbocycles. The van der Waals surface area contributed by atoms with Crippen LogP contribution in [0.25, 0.3) is 0 Å². The molecule has 2 aromatic rings. The van der Waals surface area contributed by atoms with E-state index in [1.165, 1.54) is 7.11 Å². The molecular formula is C20H24N2O5. The van der Waals surface area contributed by atoms with Gasteiger partial charge in [0.1, 0.15) is 17.3 Å². The van der Waals surface area contributed by atoms with Crippen LogP contribution in [0.2, 0.25) is 0 Å². The van der Waals surface area contributed by atoms with Gasteiger partial charge in [-0.15, -0.1) is 0 Å². The number of benzene rings is 1. The molecule has 0 unspecified atom stereocenters. The number of likely N-dealkylation sites (tertiary alicyclic amines) is 1. The molecule has 1 aliphatic heterocycles. The van der Waals surface area contributed by atoms with E-state index in [9.17, 15) is 9.59 Å². The summed E-state index contributed by atoms with van der Waals surface area (Å²) in [5.74, 6) is 1.65. The Kier molecular flexibility index (Phi) is 6.01. The van der Waals surface area contributed by atoms with Gasteiger partial charge in [0, 0.05) is 25.1 Å². The fourth-order valence-corrected chi connectivity index (χ4v) is 3.22. The summed E-state index contributed by atoms with van der Waals surface area (Å²) in [4.78, 5) is 26.9. The number of rotatable bonds is 6. The zero-order valence-electron chi connectivity index (χ0n) is 15.6. The van der Waals surface area contributed by atoms with Crippen LogP contribution in [-0.2, 0) is 11.3 Å². The third kappa shape index (κ3) is 4.42. The number of amides is 2. The zero-order chi connectivity index (χ0) is 19.2. The first-order chi connectivity index (χ1) is 13.1. The summed E-state index contributed by atoms with van der Waals surface area (Å²) in [7, 11) is 3.10. The summed E-state index contributed by atoms with van der Waals surface area (Å²) in [6, 6.07) is 8.76. The monoisotopic (exact) mass is 372 g/mol. The lowest BCUT2D eigenvalue weighted by atomic mass is 9.95. The van der Waals surface area contributed by atoms with E-state index in [-0.39, 0.29) is 17.7 Å². The van der Waals surface area contributed by atoms with Gasteiger partial charge in [-0.1, -0.05) is 0 Å². The van der Waals surface area contributed by atoms with Crippen LogP contribution >= 0.6 is 0 Å². The minimum absolute atomic E-state index is 0.000488. The van der Waals surface area contributed by atoms with E-state index in [1.54, 1.807) is 42.5 Å². The maximum atomic E-state index is 12.8. The Bertz CT molecular complexity index is 780. The van der Waals surface area contributed by atoms with Gasteiger partial charge < -0.3 is 24.1 Å². The smallest absolute Gasteiger partial charge is 0.257 e. The molecule has 7 nitrogen and oxygen atoms in total. The van der Waals surface area contributed by atoms with Crippen molar-refractivity contribution in [1.29, 1.82) is 0 Å². The van der Waals surface area contributed by atoms with Crippen LogP contribution in [0.3, 0.4) is 0 Å². The molecule has 0 atom stereocenters. The standard InChI is InChI=1S/C20H24N2O5/c1-25-15-5-6-17(18(12-15)26-2)20(24)22-9-7-14(8-10-22)19(23)21-13-16-4-3-11-27-16/h3-6,11-12,14H,7-10,13H2,1-2H3,(H,21,23). The SMILES string of the molecule is COc1ccc(C(=O)N2CCC(C(=O)NCc3ccco3)CC2)c(OC)c1. The van der Waals surface area contributed by atoms with Crippen LogP contribution in [0.5, 0.6) is 11.5 Å². The van der Waals surface area contributed by atoms with Crippen molar-refractivity contribution >= 4 is 11.8 Å². The first kappa shape index (κ1) is 18.8. The average Bonchev–Trinajstić information content (AvgIpc) is 3.24. The topological polar surface area (TPSA) is 81.0 Å². The van der Waals surface area contributed by atoms with Crippen molar-refractivity contribution in [2.45, 2.75) is 19.4 Å². The molecule has 1 saturated heterocycles. The first-order valence-corrected chi connectivity index (χ1v) is 8.93. The number of piperidine rings is 1. The van der Waals surface area contributed by atoms with Crippen molar-refractivity contribution in [3.05, 3.63) is 47.9 Å². The molecule has 1 fully saturated rings. The highest BCUT2D eigenvalue weighted by Gasteiger charge is 2.29. The molecule has 7 heteroatoms. The third-order valence-corrected chi connectivity index (χ3v) is 4.81. The zero-order valence-corrected chi connectivity index (χ0v) is 15.6. The Morgan fingerprint density at radius 1 is 1.19 bits per heavy atom. The Morgan fingerprint density at radius 3 is 2.59 bits per heavy atom. The second-order valence-corrected chi connectivity index (χ2v) is 6.43. The predicted molar refractivity (Wildman–Crippen MR) is 98.7 cm³/mol. The van der Waals surface area contributed by atoms with E-state index in [1.807, 2.05) is 6.07 Å². The van der Waals surface area contributed by atoms with Crippen molar-refractivity contribution in [2.24, 2.45) is 5.92 Å². The molecule has 0 aliphatic carbocycles. The normalized spacial score (nSPS) is 14.7. The van der Waals surface area contributed by atoms with E-state index in [0.717, 1.165) is 5.76 Å². The molecule has 27 heavy (non-hydrogen) atoms. The Labute approximate surface area is 158 Å². The van der Waals surface area contributed by atoms with E-state index in [2.05, 4.69) is 5.32 Å². The van der Waals surface area contributed by atoms with Crippen molar-refractivity contribution in [3.8, 4) is 11.5 Å². The quantitative estimate of drug-likeness (QED) is 0.842. The summed E-state index contributed by atoms with van der Waals surface area (Å²) in [6.45, 7) is 1.45. The maximum Gasteiger partial charge on any atom is 0.257 e. The molecule has 1 aliphatic rings. The lowest BCUT2D eigenvalue weighted by Crippen LogP contribution is -2.43. The second kappa shape index (κ2) is 8.62. The molecule has 2 heterocycles. The molecule has 1 aromatic heterocycles. The molecule has 144 valence electrons. The first-order valence-electron chi connectivity index (χ1n) is 8.93. The number of hydrogen-bond donors (Lipinski definition) is 1. The molecule has 3 rings (SSSR count). The van der Waals surface area contributed by atoms with E-state index < -0.39 is 0 Å². The Balaban J connectivity index is 1.55. The van der Waals surface area contributed by atoms with E-state index >= 15 is 0 Å². The van der Waals surface area contributed by atoms with Crippen molar-refractivity contribution < 1.29 is 23.5 Å². The minimum atomic E-state index is -0.0956. The van der Waals surface area contributed by atoms with Gasteiger partial charge in [-0.3, -0.25) is 9.59 Å². The second-order valence-electron chi connectivity index (χ2n) is 6.43. The summed E-state index contributed by atoms with van der Waals surface area (Å²) in [5, 5.41) is 2.89. The van der Waals surface area contributed by atoms with Gasteiger partial charge in [0.2, 0.25) is 5.91 Å². The molecule has 0 bridgehead atoms. The van der Waals surface area contributed by atoms with Gasteiger partial charge in [0.15, 0.2) is 0 Å². The number of carbonyl (C=O) groups is 2. The Morgan fingerprint density at radius 2 is 1.96 bits per heavy atom. The highest BCUT2D eigenvalue weighted by atomic mass is 16.5. The summed E-state index contributed by atoms with van der Waals surface area (Å²) >= 11 is 0. The third-order valence-electron chi connectivity index (χ3n) is 4.81. The van der Waals surface area contributed by atoms with Gasteiger partial charge >= 0.3 is 0 Å². The average molecular weight is 372 g/mol. The van der Waals surface area contributed by atoms with Crippen LogP contribution in [0.1, 0.15) is 29.0 Å². The van der Waals surface area contributed by atoms with Crippen molar-refractivity contribution in [1.82, 2.24) is 10.2 Å². The van der Waals surface area contributed by atoms with E-state index in [0.29, 0.717) is 49.5 Å². The van der Waals surface area contributed by atoms with Crippen LogP contribution < -0.4 is 14.8 Å². The number of ether oxygens (including phenoxy) is 2. The van der Waals surface area contributed by atoms with Gasteiger partial charge in [-0.2, -0.15) is 0 Å². The summed E-state index contributed by atoms with van der Waals surface area (Å²) < 4.78 is 15.7. The maximum absolute atomic E-state index is 12.8. The number of furan rings is 1. The lowest BCUT2D eigenvalue weighted by molar-refractivity contribution is -0.126. The highest BCUT2D eigenvalue weighted by Crippen LogP contribution is 2.27. The molecule has 0 spiro atoms. The van der Waals surface area contributed by atoms with E-state index in [4.69, 9.17) is 13.9 Å². The molecular weight excluding hydrogens is 348 g/mol. The van der Waals surface area contributed by atoms with Gasteiger partial charge in [0.25, 0.3) is 5.91 Å². The molecule has 1 N–H and O–H groups in total. The van der Waals surface area contributed by atoms with Crippen molar-refractivity contribution in [3.63, 3.8) is 0 Å². The summed E-state index contributed by atoms with van der Waals surface area (Å²) in [5.41, 5.74) is 0.499. The Hall–Kier alpha value is -2.96. The number of nitrogens with one attached hydrogen (secondary N) is 1. The van der Waals surface area contributed by atoms with Crippen LogP contribution in [0.4, 0.5) is 0 Å². The fraction of sp³-hybridized carbons (Fsp3) is 0.400. The van der Waals surface area contributed by atoms with Crippen LogP contribution in [0, 0.1) is 5.92 Å². The van der Waals surface area contributed by atoms with Crippen LogP contribution in [-0.4, -0.2) is 44.0 Å². The fourth-order valence-electron chi connectivity index (χ4n) is 3.22. The number of hydrogen-bond acceptors (Lipinski definition) is 5. The van der Waals surface area contributed by atoms with Gasteiger partial charge in [-0.25, -0.2) is 0 Å². The van der Waals surface area contributed by atoms with Gasteiger partial charge in [-0.05, 0) is 37.1 Å². The number of methoxy groups -OCH3 is 2. The molecule has 0 radical (unpaired) electrons. The van der Waals surface area contributed by atoms with Crippen LogP contribution in [0.15, 0.2) is 41.0 Å². The van der Waals surface area contributed by atoms with Crippen molar-refractivity contribution in [2.75, 3.05) is 27.3 Å². The molecule has 1 aromatic carbocycles. The number of carbonyl (C=O) groups excluding carboxylic acids is 2. The highest BCUT2D eigenvalue weighted by molar-refractivity contribution is 5.97. The summed E-state index contributed by atoms with van der Waals surface area (Å²) in [6.07, 6.45) is 2.85. The largest absolute Gasteiger partial charge is 0.497 e. The predicted octanol–water partition coefficient (Wildman–Crippen LogP) is 2.47. The minimum Gasteiger partial charge on any atom is -0.497 e. The number of nitrogens with zero attached hydrogens (tertiary/aromatic N) is 1. The van der Waals surface area contributed by atoms with Gasteiger partial charge in [0.05, 0.1) is 32.6 Å². The molecule has 2 amide bonds.